The van der Waals surface area contributed by atoms with Crippen molar-refractivity contribution in [3.63, 3.8) is 0 Å². The molecule has 1 aliphatic rings. The zero-order chi connectivity index (χ0) is 28.5. The molecule has 4 unspecified atom stereocenters. The van der Waals surface area contributed by atoms with Gasteiger partial charge in [0.25, 0.3) is 0 Å². The molecule has 0 aromatic heterocycles. The van der Waals surface area contributed by atoms with Gasteiger partial charge in [0.05, 0.1) is 0 Å². The summed E-state index contributed by atoms with van der Waals surface area (Å²) in [5, 5.41) is 6.11. The van der Waals surface area contributed by atoms with Crippen molar-refractivity contribution in [1.82, 2.24) is 15.5 Å². The number of ether oxygens (including phenoxy) is 1. The van der Waals surface area contributed by atoms with E-state index in [1.165, 1.54) is 12.0 Å². The van der Waals surface area contributed by atoms with E-state index in [0.29, 0.717) is 12.8 Å². The molecule has 1 aromatic carbocycles. The van der Waals surface area contributed by atoms with Gasteiger partial charge in [-0.05, 0) is 70.4 Å². The van der Waals surface area contributed by atoms with Crippen LogP contribution in [-0.4, -0.2) is 46.5 Å². The first-order valence-corrected chi connectivity index (χ1v) is 14.6. The zero-order valence-electron chi connectivity index (χ0n) is 24.9. The van der Waals surface area contributed by atoms with Crippen molar-refractivity contribution in [2.24, 2.45) is 5.92 Å². The van der Waals surface area contributed by atoms with Crippen molar-refractivity contribution >= 4 is 17.9 Å². The Morgan fingerprint density at radius 2 is 1.58 bits per heavy atom. The number of rotatable bonds is 11. The number of nitrogens with zero attached hydrogens (tertiary/aromatic N) is 1. The number of carbonyl (C=O) groups excluding carboxylic acids is 3. The first-order valence-electron chi connectivity index (χ1n) is 14.6. The fraction of sp³-hybridized carbons (Fsp3) is 0.710. The summed E-state index contributed by atoms with van der Waals surface area (Å²) in [4.78, 5) is 42.8. The van der Waals surface area contributed by atoms with Crippen LogP contribution in [-0.2, 0) is 20.7 Å². The van der Waals surface area contributed by atoms with E-state index in [-0.39, 0.29) is 29.8 Å². The maximum absolute atomic E-state index is 14.4. The molecule has 0 bridgehead atoms. The van der Waals surface area contributed by atoms with Crippen molar-refractivity contribution in [3.05, 3.63) is 35.4 Å². The maximum Gasteiger partial charge on any atom is 0.408 e. The van der Waals surface area contributed by atoms with Crippen LogP contribution in [0.5, 0.6) is 0 Å². The van der Waals surface area contributed by atoms with E-state index in [1.54, 1.807) is 25.7 Å². The first-order chi connectivity index (χ1) is 17.9. The molecule has 0 aliphatic heterocycles. The van der Waals surface area contributed by atoms with Gasteiger partial charge in [0.15, 0.2) is 0 Å². The van der Waals surface area contributed by atoms with Gasteiger partial charge in [-0.25, -0.2) is 4.79 Å². The lowest BCUT2D eigenvalue weighted by atomic mass is 9.92. The summed E-state index contributed by atoms with van der Waals surface area (Å²) in [6.07, 6.45) is 6.93. The Balaban J connectivity index is 2.51. The highest BCUT2D eigenvalue weighted by Crippen LogP contribution is 2.29. The second-order valence-electron chi connectivity index (χ2n) is 11.9. The lowest BCUT2D eigenvalue weighted by molar-refractivity contribution is -0.146. The molecule has 3 amide bonds. The van der Waals surface area contributed by atoms with E-state index in [2.05, 4.69) is 17.6 Å². The Morgan fingerprint density at radius 1 is 0.974 bits per heavy atom. The minimum atomic E-state index is -0.816. The van der Waals surface area contributed by atoms with Crippen LogP contribution >= 0.6 is 0 Å². The Bertz CT molecular complexity index is 903. The average Bonchev–Trinajstić information content (AvgIpc) is 2.88. The van der Waals surface area contributed by atoms with E-state index in [1.807, 2.05) is 52.0 Å². The smallest absolute Gasteiger partial charge is 0.408 e. The summed E-state index contributed by atoms with van der Waals surface area (Å²) in [7, 11) is 0. The molecule has 1 saturated carbocycles. The second kappa shape index (κ2) is 14.5. The number of nitrogens with one attached hydrogen (secondary N) is 2. The van der Waals surface area contributed by atoms with Crippen LogP contribution in [0.4, 0.5) is 4.79 Å². The Labute approximate surface area is 230 Å². The number of alkyl carbamates (subject to hydrolysis) is 1. The SMILES string of the molecule is CCc1ccc(C(C(=O)NC2CCCCC2)N(C(=O)C(NC(=O)OC(C)(C)C)C(C)CC)C(C)CC)cc1. The summed E-state index contributed by atoms with van der Waals surface area (Å²) >= 11 is 0. The molecule has 0 spiro atoms. The molecule has 2 N–H and O–H groups in total. The Hall–Kier alpha value is -2.57. The van der Waals surface area contributed by atoms with Crippen LogP contribution in [0.15, 0.2) is 24.3 Å². The average molecular weight is 530 g/mol. The van der Waals surface area contributed by atoms with Crippen LogP contribution in [0.1, 0.15) is 118 Å². The molecule has 4 atom stereocenters. The van der Waals surface area contributed by atoms with Gasteiger partial charge in [-0.3, -0.25) is 9.59 Å². The van der Waals surface area contributed by atoms with Crippen LogP contribution in [0.3, 0.4) is 0 Å². The fourth-order valence-corrected chi connectivity index (χ4v) is 4.97. The molecule has 0 saturated heterocycles. The predicted octanol–water partition coefficient (Wildman–Crippen LogP) is 6.31. The van der Waals surface area contributed by atoms with Crippen LogP contribution in [0.25, 0.3) is 0 Å². The minimum Gasteiger partial charge on any atom is -0.444 e. The molecule has 1 aliphatic carbocycles. The second-order valence-corrected chi connectivity index (χ2v) is 11.9. The standard InChI is InChI=1S/C31H51N3O4/c1-9-21(4)26(33-30(37)38-31(6,7)8)29(36)34(22(5)10-2)27(24-19-17-23(11-3)18-20-24)28(35)32-25-15-13-12-14-16-25/h17-22,25-27H,9-16H2,1-8H3,(H,32,35)(H,33,37). The monoisotopic (exact) mass is 529 g/mol. The maximum atomic E-state index is 14.4. The highest BCUT2D eigenvalue weighted by atomic mass is 16.6. The molecule has 38 heavy (non-hydrogen) atoms. The van der Waals surface area contributed by atoms with Crippen LogP contribution < -0.4 is 10.6 Å². The summed E-state index contributed by atoms with van der Waals surface area (Å²) in [5.41, 5.74) is 1.27. The van der Waals surface area contributed by atoms with Gasteiger partial charge in [-0.1, -0.05) is 77.6 Å². The molecular formula is C31H51N3O4. The van der Waals surface area contributed by atoms with Gasteiger partial charge >= 0.3 is 6.09 Å². The molecule has 1 aromatic rings. The van der Waals surface area contributed by atoms with Crippen molar-refractivity contribution < 1.29 is 19.1 Å². The Morgan fingerprint density at radius 3 is 2.08 bits per heavy atom. The zero-order valence-corrected chi connectivity index (χ0v) is 24.9. The van der Waals surface area contributed by atoms with Gasteiger partial charge in [0.2, 0.25) is 11.8 Å². The molecule has 214 valence electrons. The molecular weight excluding hydrogens is 478 g/mol. The molecule has 7 heteroatoms. The number of benzene rings is 1. The van der Waals surface area contributed by atoms with Crippen LogP contribution in [0.2, 0.25) is 0 Å². The highest BCUT2D eigenvalue weighted by Gasteiger charge is 2.40. The topological polar surface area (TPSA) is 87.7 Å². The van der Waals surface area contributed by atoms with E-state index >= 15 is 0 Å². The van der Waals surface area contributed by atoms with Crippen LogP contribution in [0, 0.1) is 5.92 Å². The molecule has 2 rings (SSSR count). The third-order valence-electron chi connectivity index (χ3n) is 7.65. The lowest BCUT2D eigenvalue weighted by Gasteiger charge is -2.40. The molecule has 0 radical (unpaired) electrons. The normalized spacial score (nSPS) is 17.6. The van der Waals surface area contributed by atoms with Gasteiger partial charge in [-0.2, -0.15) is 0 Å². The lowest BCUT2D eigenvalue weighted by Crippen LogP contribution is -2.57. The predicted molar refractivity (Wildman–Crippen MR) is 153 cm³/mol. The van der Waals surface area contributed by atoms with E-state index in [0.717, 1.165) is 37.7 Å². The molecule has 1 fully saturated rings. The number of hydrogen-bond donors (Lipinski definition) is 2. The third-order valence-corrected chi connectivity index (χ3v) is 7.65. The Kier molecular flexibility index (Phi) is 12.1. The van der Waals surface area contributed by atoms with E-state index in [9.17, 15) is 14.4 Å². The van der Waals surface area contributed by atoms with Crippen molar-refractivity contribution in [1.29, 1.82) is 0 Å². The number of carbonyl (C=O) groups is 3. The first kappa shape index (κ1) is 31.6. The minimum absolute atomic E-state index is 0.118. The van der Waals surface area contributed by atoms with E-state index in [4.69, 9.17) is 4.74 Å². The third kappa shape index (κ3) is 9.02. The van der Waals surface area contributed by atoms with Crippen molar-refractivity contribution in [3.8, 4) is 0 Å². The number of aryl methyl sites for hydroxylation is 1. The van der Waals surface area contributed by atoms with Gasteiger partial charge < -0.3 is 20.3 Å². The summed E-state index contributed by atoms with van der Waals surface area (Å²) in [5.74, 6) is -0.566. The highest BCUT2D eigenvalue weighted by molar-refractivity contribution is 5.92. The largest absolute Gasteiger partial charge is 0.444 e. The van der Waals surface area contributed by atoms with Gasteiger partial charge in [-0.15, -0.1) is 0 Å². The van der Waals surface area contributed by atoms with Crippen molar-refractivity contribution in [2.75, 3.05) is 0 Å². The number of amides is 3. The summed E-state index contributed by atoms with van der Waals surface area (Å²) in [6.45, 7) is 15.4. The fourth-order valence-electron chi connectivity index (χ4n) is 4.97. The van der Waals surface area contributed by atoms with Gasteiger partial charge in [0, 0.05) is 12.1 Å². The van der Waals surface area contributed by atoms with Crippen molar-refractivity contribution in [2.45, 2.75) is 137 Å². The quantitative estimate of drug-likeness (QED) is 0.352. The summed E-state index contributed by atoms with van der Waals surface area (Å²) < 4.78 is 5.50. The molecule has 0 heterocycles. The number of hydrogen-bond acceptors (Lipinski definition) is 4. The molecule has 7 nitrogen and oxygen atoms in total. The summed E-state index contributed by atoms with van der Waals surface area (Å²) in [6, 6.07) is 6.27. The van der Waals surface area contributed by atoms with Gasteiger partial charge in [0.1, 0.15) is 17.7 Å². The van der Waals surface area contributed by atoms with E-state index < -0.39 is 23.8 Å².